The number of ether oxygens (including phenoxy) is 2. The highest BCUT2D eigenvalue weighted by Gasteiger charge is 2.18. The number of amides is 1. The van der Waals surface area contributed by atoms with E-state index in [0.717, 1.165) is 0 Å². The highest BCUT2D eigenvalue weighted by molar-refractivity contribution is 8.93. The summed E-state index contributed by atoms with van der Waals surface area (Å²) in [7, 11) is 2.41. The number of esters is 2. The molecule has 0 aliphatic carbocycles. The molecule has 0 aliphatic heterocycles. The largest absolute Gasteiger partial charge is 0.468 e. The number of halogens is 1. The number of carbonyl (C=O) groups is 3. The molecule has 0 fully saturated rings. The third-order valence-corrected chi connectivity index (χ3v) is 2.09. The van der Waals surface area contributed by atoms with Gasteiger partial charge in [-0.3, -0.25) is 14.6 Å². The second-order valence-electron chi connectivity index (χ2n) is 3.17. The second kappa shape index (κ2) is 8.20. The molecule has 0 aromatic carbocycles. The van der Waals surface area contributed by atoms with Crippen LogP contribution in [0.3, 0.4) is 0 Å². The maximum atomic E-state index is 11.7. The topological polar surface area (TPSA) is 94.6 Å². The summed E-state index contributed by atoms with van der Waals surface area (Å²) in [5, 5.41) is 2.31. The minimum Gasteiger partial charge on any atom is -0.468 e. The van der Waals surface area contributed by atoms with Crippen LogP contribution in [0.5, 0.6) is 0 Å². The average molecular weight is 333 g/mol. The molecule has 1 aromatic heterocycles. The molecule has 0 aliphatic rings. The molecule has 0 radical (unpaired) electrons. The van der Waals surface area contributed by atoms with Crippen LogP contribution in [-0.2, 0) is 14.3 Å². The predicted molar refractivity (Wildman–Crippen MR) is 70.2 cm³/mol. The molecule has 1 amide bonds. The Kier molecular flexibility index (Phi) is 7.35. The first-order valence-corrected chi connectivity index (χ1v) is 4.97. The summed E-state index contributed by atoms with van der Waals surface area (Å²) >= 11 is 0. The van der Waals surface area contributed by atoms with Crippen molar-refractivity contribution in [3.8, 4) is 0 Å². The van der Waals surface area contributed by atoms with Gasteiger partial charge in [0.15, 0.2) is 0 Å². The zero-order chi connectivity index (χ0) is 13.5. The summed E-state index contributed by atoms with van der Waals surface area (Å²) in [6.07, 6.45) is 2.59. The van der Waals surface area contributed by atoms with E-state index in [9.17, 15) is 14.4 Å². The van der Waals surface area contributed by atoms with Gasteiger partial charge in [-0.15, -0.1) is 17.0 Å². The van der Waals surface area contributed by atoms with Crippen molar-refractivity contribution in [1.82, 2.24) is 10.3 Å². The van der Waals surface area contributed by atoms with Crippen LogP contribution in [0.25, 0.3) is 0 Å². The lowest BCUT2D eigenvalue weighted by Crippen LogP contribution is -2.31. The lowest BCUT2D eigenvalue weighted by molar-refractivity contribution is -0.139. The zero-order valence-electron chi connectivity index (χ0n) is 10.3. The van der Waals surface area contributed by atoms with Gasteiger partial charge in [-0.1, -0.05) is 0 Å². The van der Waals surface area contributed by atoms with E-state index in [2.05, 4.69) is 19.8 Å². The fraction of sp³-hybridized carbons (Fsp3) is 0.273. The number of aromatic nitrogens is 1. The van der Waals surface area contributed by atoms with Crippen molar-refractivity contribution in [3.63, 3.8) is 0 Å². The van der Waals surface area contributed by atoms with E-state index in [-0.39, 0.29) is 34.7 Å². The molecule has 104 valence electrons. The summed E-state index contributed by atoms with van der Waals surface area (Å²) in [4.78, 5) is 37.8. The molecule has 0 saturated carbocycles. The lowest BCUT2D eigenvalue weighted by Gasteiger charge is -2.07. The summed E-state index contributed by atoms with van der Waals surface area (Å²) < 4.78 is 8.91. The molecule has 0 bridgehead atoms. The SMILES string of the molecule is Br.COC(=O)CNC(=O)c1cnccc1C(=O)OC. The number of nitrogens with zero attached hydrogens (tertiary/aromatic N) is 1. The third kappa shape index (κ3) is 4.66. The molecule has 7 nitrogen and oxygen atoms in total. The number of rotatable bonds is 4. The Morgan fingerprint density at radius 1 is 1.21 bits per heavy atom. The number of hydrogen-bond donors (Lipinski definition) is 1. The standard InChI is InChI=1S/C11H12N2O5.BrH/c1-17-9(14)6-13-10(15)8-5-12-4-3-7(8)11(16)18-2;/h3-5H,6H2,1-2H3,(H,13,15);1H. The molecule has 0 unspecified atom stereocenters. The smallest absolute Gasteiger partial charge is 0.338 e. The number of carbonyl (C=O) groups excluding carboxylic acids is 3. The van der Waals surface area contributed by atoms with E-state index in [1.807, 2.05) is 0 Å². The van der Waals surface area contributed by atoms with Crippen LogP contribution < -0.4 is 5.32 Å². The molecule has 8 heteroatoms. The fourth-order valence-electron chi connectivity index (χ4n) is 1.18. The first-order chi connectivity index (χ1) is 8.60. The van der Waals surface area contributed by atoms with E-state index in [4.69, 9.17) is 0 Å². The maximum absolute atomic E-state index is 11.7. The molecule has 19 heavy (non-hydrogen) atoms. The van der Waals surface area contributed by atoms with Gasteiger partial charge < -0.3 is 14.8 Å². The number of hydrogen-bond acceptors (Lipinski definition) is 6. The summed E-state index contributed by atoms with van der Waals surface area (Å²) in [6, 6.07) is 1.36. The van der Waals surface area contributed by atoms with Crippen molar-refractivity contribution in [2.24, 2.45) is 0 Å². The number of pyridine rings is 1. The Bertz CT molecular complexity index is 478. The lowest BCUT2D eigenvalue weighted by atomic mass is 10.1. The Balaban J connectivity index is 0.00000324. The van der Waals surface area contributed by atoms with E-state index in [1.54, 1.807) is 0 Å². The maximum Gasteiger partial charge on any atom is 0.338 e. The van der Waals surface area contributed by atoms with E-state index in [1.165, 1.54) is 32.7 Å². The van der Waals surface area contributed by atoms with Crippen molar-refractivity contribution >= 4 is 34.8 Å². The van der Waals surface area contributed by atoms with Gasteiger partial charge in [-0.2, -0.15) is 0 Å². The molecular formula is C11H13BrN2O5. The van der Waals surface area contributed by atoms with E-state index < -0.39 is 17.8 Å². The zero-order valence-corrected chi connectivity index (χ0v) is 12.0. The highest BCUT2D eigenvalue weighted by atomic mass is 79.9. The van der Waals surface area contributed by atoms with Crippen LogP contribution in [0.4, 0.5) is 0 Å². The molecule has 0 atom stereocenters. The van der Waals surface area contributed by atoms with Crippen molar-refractivity contribution in [3.05, 3.63) is 29.6 Å². The van der Waals surface area contributed by atoms with Crippen LogP contribution in [-0.4, -0.2) is 43.6 Å². The highest BCUT2D eigenvalue weighted by Crippen LogP contribution is 2.08. The van der Waals surface area contributed by atoms with Gasteiger partial charge in [0.2, 0.25) is 0 Å². The summed E-state index contributed by atoms with van der Waals surface area (Å²) in [5.41, 5.74) is 0.114. The van der Waals surface area contributed by atoms with Crippen LogP contribution in [0.1, 0.15) is 20.7 Å². The van der Waals surface area contributed by atoms with Gasteiger partial charge in [0.25, 0.3) is 5.91 Å². The van der Waals surface area contributed by atoms with Crippen LogP contribution in [0, 0.1) is 0 Å². The van der Waals surface area contributed by atoms with Crippen LogP contribution >= 0.6 is 17.0 Å². The van der Waals surface area contributed by atoms with E-state index in [0.29, 0.717) is 0 Å². The minimum absolute atomic E-state index is 0. The summed E-state index contributed by atoms with van der Waals surface area (Å²) in [5.74, 6) is -1.85. The number of methoxy groups -OCH3 is 2. The van der Waals surface area contributed by atoms with Crippen molar-refractivity contribution < 1.29 is 23.9 Å². The quantitative estimate of drug-likeness (QED) is 0.799. The van der Waals surface area contributed by atoms with Crippen molar-refractivity contribution in [2.75, 3.05) is 20.8 Å². The molecule has 0 spiro atoms. The Labute approximate surface area is 120 Å². The Morgan fingerprint density at radius 3 is 2.47 bits per heavy atom. The normalized spacial score (nSPS) is 8.95. The van der Waals surface area contributed by atoms with Crippen molar-refractivity contribution in [2.45, 2.75) is 0 Å². The van der Waals surface area contributed by atoms with Crippen LogP contribution in [0.15, 0.2) is 18.5 Å². The Morgan fingerprint density at radius 2 is 1.89 bits per heavy atom. The second-order valence-corrected chi connectivity index (χ2v) is 3.17. The van der Waals surface area contributed by atoms with Gasteiger partial charge in [-0.25, -0.2) is 4.79 Å². The first-order valence-electron chi connectivity index (χ1n) is 4.97. The molecule has 1 heterocycles. The average Bonchev–Trinajstić information content (AvgIpc) is 2.43. The molecule has 1 aromatic rings. The first kappa shape index (κ1) is 17.0. The van der Waals surface area contributed by atoms with Gasteiger partial charge in [-0.05, 0) is 6.07 Å². The van der Waals surface area contributed by atoms with Gasteiger partial charge in [0.1, 0.15) is 6.54 Å². The molecule has 1 rings (SSSR count). The number of nitrogens with one attached hydrogen (secondary N) is 1. The predicted octanol–water partition coefficient (Wildman–Crippen LogP) is 0.349. The van der Waals surface area contributed by atoms with E-state index >= 15 is 0 Å². The molecular weight excluding hydrogens is 320 g/mol. The molecule has 1 N–H and O–H groups in total. The third-order valence-electron chi connectivity index (χ3n) is 2.09. The monoisotopic (exact) mass is 332 g/mol. The molecule has 0 saturated heterocycles. The fourth-order valence-corrected chi connectivity index (χ4v) is 1.18. The van der Waals surface area contributed by atoms with Crippen molar-refractivity contribution in [1.29, 1.82) is 0 Å². The van der Waals surface area contributed by atoms with Crippen LogP contribution in [0.2, 0.25) is 0 Å². The summed E-state index contributed by atoms with van der Waals surface area (Å²) in [6.45, 7) is -0.287. The van der Waals surface area contributed by atoms with Gasteiger partial charge in [0.05, 0.1) is 25.3 Å². The van der Waals surface area contributed by atoms with Gasteiger partial charge >= 0.3 is 11.9 Å². The Hall–Kier alpha value is -1.96. The van der Waals surface area contributed by atoms with Gasteiger partial charge in [0, 0.05) is 12.4 Å². The minimum atomic E-state index is -0.652.